The van der Waals surface area contributed by atoms with Crippen molar-refractivity contribution >= 4 is 17.3 Å². The van der Waals surface area contributed by atoms with Crippen molar-refractivity contribution in [2.45, 2.75) is 13.0 Å². The summed E-state index contributed by atoms with van der Waals surface area (Å²) < 4.78 is 0. The van der Waals surface area contributed by atoms with E-state index in [1.54, 1.807) is 36.4 Å². The lowest BCUT2D eigenvalue weighted by atomic mass is 10.1. The minimum atomic E-state index is 0.0257. The second-order valence-corrected chi connectivity index (χ2v) is 4.53. The Bertz CT molecular complexity index is 557. The van der Waals surface area contributed by atoms with Gasteiger partial charge in [-0.25, -0.2) is 0 Å². The van der Waals surface area contributed by atoms with E-state index in [1.165, 1.54) is 0 Å². The van der Waals surface area contributed by atoms with Crippen molar-refractivity contribution in [3.63, 3.8) is 0 Å². The zero-order valence-corrected chi connectivity index (χ0v) is 10.6. The summed E-state index contributed by atoms with van der Waals surface area (Å²) in [7, 11) is 0. The van der Waals surface area contributed by atoms with Crippen LogP contribution in [-0.2, 0) is 0 Å². The molecule has 0 saturated heterocycles. The van der Waals surface area contributed by atoms with E-state index in [4.69, 9.17) is 11.6 Å². The Morgan fingerprint density at radius 3 is 2.56 bits per heavy atom. The number of halogens is 1. The minimum absolute atomic E-state index is 0.0257. The highest BCUT2D eigenvalue weighted by molar-refractivity contribution is 6.32. The van der Waals surface area contributed by atoms with Crippen LogP contribution in [0.4, 0.5) is 5.69 Å². The van der Waals surface area contributed by atoms with Gasteiger partial charge >= 0.3 is 0 Å². The average molecular weight is 264 g/mol. The molecule has 0 fully saturated rings. The van der Waals surface area contributed by atoms with Crippen molar-refractivity contribution in [2.24, 2.45) is 0 Å². The predicted octanol–water partition coefficient (Wildman–Crippen LogP) is 3.92. The molecule has 0 saturated carbocycles. The molecule has 94 valence electrons. The van der Waals surface area contributed by atoms with Gasteiger partial charge in [0, 0.05) is 11.7 Å². The summed E-state index contributed by atoms with van der Waals surface area (Å²) in [5, 5.41) is 22.3. The SMILES string of the molecule is CC(Nc1ccc(O)c(Cl)c1)c1cccc(O)c1. The van der Waals surface area contributed by atoms with E-state index in [0.29, 0.717) is 5.02 Å². The van der Waals surface area contributed by atoms with E-state index in [2.05, 4.69) is 5.32 Å². The fourth-order valence-electron chi connectivity index (χ4n) is 1.72. The Morgan fingerprint density at radius 2 is 1.89 bits per heavy atom. The summed E-state index contributed by atoms with van der Waals surface area (Å²) in [6.45, 7) is 1.98. The summed E-state index contributed by atoms with van der Waals surface area (Å²) in [4.78, 5) is 0. The van der Waals surface area contributed by atoms with Gasteiger partial charge in [0.05, 0.1) is 5.02 Å². The molecule has 0 aliphatic rings. The summed E-state index contributed by atoms with van der Waals surface area (Å²) in [6, 6.07) is 12.0. The van der Waals surface area contributed by atoms with Crippen LogP contribution in [0.3, 0.4) is 0 Å². The fourth-order valence-corrected chi connectivity index (χ4v) is 1.90. The molecular formula is C14H14ClNO2. The van der Waals surface area contributed by atoms with Gasteiger partial charge in [0.1, 0.15) is 11.5 Å². The number of anilines is 1. The molecule has 0 aromatic heterocycles. The Balaban J connectivity index is 2.16. The van der Waals surface area contributed by atoms with Crippen molar-refractivity contribution < 1.29 is 10.2 Å². The molecule has 3 nitrogen and oxygen atoms in total. The lowest BCUT2D eigenvalue weighted by molar-refractivity contribution is 0.474. The number of hydrogen-bond acceptors (Lipinski definition) is 3. The van der Waals surface area contributed by atoms with Crippen LogP contribution in [0.5, 0.6) is 11.5 Å². The van der Waals surface area contributed by atoms with Gasteiger partial charge in [0.2, 0.25) is 0 Å². The van der Waals surface area contributed by atoms with E-state index >= 15 is 0 Å². The van der Waals surface area contributed by atoms with Crippen LogP contribution < -0.4 is 5.32 Å². The summed E-state index contributed by atoms with van der Waals surface area (Å²) in [6.07, 6.45) is 0. The van der Waals surface area contributed by atoms with Crippen LogP contribution in [0.2, 0.25) is 5.02 Å². The highest BCUT2D eigenvalue weighted by Crippen LogP contribution is 2.28. The zero-order chi connectivity index (χ0) is 13.1. The van der Waals surface area contributed by atoms with E-state index in [1.807, 2.05) is 13.0 Å². The molecule has 1 atom stereocenters. The molecule has 4 heteroatoms. The first kappa shape index (κ1) is 12.6. The smallest absolute Gasteiger partial charge is 0.134 e. The molecule has 0 aliphatic heterocycles. The van der Waals surface area contributed by atoms with Crippen molar-refractivity contribution in [1.82, 2.24) is 0 Å². The summed E-state index contributed by atoms with van der Waals surface area (Å²) in [5.74, 6) is 0.303. The van der Waals surface area contributed by atoms with Crippen molar-refractivity contribution in [3.8, 4) is 11.5 Å². The van der Waals surface area contributed by atoms with Gasteiger partial charge in [0.25, 0.3) is 0 Å². The standard InChI is InChI=1S/C14H14ClNO2/c1-9(10-3-2-4-12(17)7-10)16-11-5-6-14(18)13(15)8-11/h2-9,16-18H,1H3. The van der Waals surface area contributed by atoms with Gasteiger partial charge in [-0.05, 0) is 42.8 Å². The molecule has 2 aromatic carbocycles. The number of rotatable bonds is 3. The van der Waals surface area contributed by atoms with E-state index in [-0.39, 0.29) is 17.5 Å². The van der Waals surface area contributed by atoms with Gasteiger partial charge in [0.15, 0.2) is 0 Å². The molecule has 2 aromatic rings. The molecule has 0 amide bonds. The maximum Gasteiger partial charge on any atom is 0.134 e. The largest absolute Gasteiger partial charge is 0.508 e. The van der Waals surface area contributed by atoms with Crippen LogP contribution in [0.1, 0.15) is 18.5 Å². The van der Waals surface area contributed by atoms with Crippen molar-refractivity contribution in [2.75, 3.05) is 5.32 Å². The maximum absolute atomic E-state index is 9.43. The first-order valence-electron chi connectivity index (χ1n) is 5.60. The first-order chi connectivity index (χ1) is 8.56. The molecular weight excluding hydrogens is 250 g/mol. The number of aromatic hydroxyl groups is 2. The van der Waals surface area contributed by atoms with Crippen LogP contribution >= 0.6 is 11.6 Å². The number of nitrogens with one attached hydrogen (secondary N) is 1. The zero-order valence-electron chi connectivity index (χ0n) is 9.89. The van der Waals surface area contributed by atoms with Crippen molar-refractivity contribution in [1.29, 1.82) is 0 Å². The Hall–Kier alpha value is -1.87. The van der Waals surface area contributed by atoms with Crippen LogP contribution in [-0.4, -0.2) is 10.2 Å². The van der Waals surface area contributed by atoms with Gasteiger partial charge < -0.3 is 15.5 Å². The van der Waals surface area contributed by atoms with Crippen LogP contribution in [0, 0.1) is 0 Å². The lowest BCUT2D eigenvalue weighted by Crippen LogP contribution is -2.06. The summed E-state index contributed by atoms with van der Waals surface area (Å²) in [5.41, 5.74) is 1.79. The Kier molecular flexibility index (Phi) is 3.63. The topological polar surface area (TPSA) is 52.5 Å². The normalized spacial score (nSPS) is 12.1. The number of phenols is 2. The monoisotopic (exact) mass is 263 g/mol. The minimum Gasteiger partial charge on any atom is -0.508 e. The second kappa shape index (κ2) is 5.19. The van der Waals surface area contributed by atoms with Crippen molar-refractivity contribution in [3.05, 3.63) is 53.1 Å². The molecule has 0 spiro atoms. The average Bonchev–Trinajstić information content (AvgIpc) is 2.34. The van der Waals surface area contributed by atoms with Crippen LogP contribution in [0.25, 0.3) is 0 Å². The Labute approximate surface area is 111 Å². The van der Waals surface area contributed by atoms with E-state index < -0.39 is 0 Å². The maximum atomic E-state index is 9.43. The Morgan fingerprint density at radius 1 is 1.11 bits per heavy atom. The quantitative estimate of drug-likeness (QED) is 0.736. The molecule has 0 aliphatic carbocycles. The third-order valence-corrected chi connectivity index (χ3v) is 3.00. The van der Waals surface area contributed by atoms with Crippen LogP contribution in [0.15, 0.2) is 42.5 Å². The molecule has 0 radical (unpaired) electrons. The predicted molar refractivity (Wildman–Crippen MR) is 73.3 cm³/mol. The molecule has 0 bridgehead atoms. The molecule has 0 heterocycles. The van der Waals surface area contributed by atoms with Gasteiger partial charge in [-0.3, -0.25) is 0 Å². The molecule has 3 N–H and O–H groups in total. The molecule has 1 unspecified atom stereocenters. The molecule has 2 rings (SSSR count). The third kappa shape index (κ3) is 2.87. The second-order valence-electron chi connectivity index (χ2n) is 4.13. The third-order valence-electron chi connectivity index (χ3n) is 2.70. The highest BCUT2D eigenvalue weighted by atomic mass is 35.5. The van der Waals surface area contributed by atoms with Gasteiger partial charge in [-0.15, -0.1) is 0 Å². The van der Waals surface area contributed by atoms with E-state index in [9.17, 15) is 10.2 Å². The number of hydrogen-bond donors (Lipinski definition) is 3. The number of phenolic OH excluding ortho intramolecular Hbond substituents is 2. The van der Waals surface area contributed by atoms with Gasteiger partial charge in [-0.2, -0.15) is 0 Å². The fraction of sp³-hybridized carbons (Fsp3) is 0.143. The van der Waals surface area contributed by atoms with E-state index in [0.717, 1.165) is 11.3 Å². The molecule has 18 heavy (non-hydrogen) atoms. The van der Waals surface area contributed by atoms with Gasteiger partial charge in [-0.1, -0.05) is 23.7 Å². The highest BCUT2D eigenvalue weighted by Gasteiger charge is 2.07. The first-order valence-corrected chi connectivity index (χ1v) is 5.98. The number of benzene rings is 2. The lowest BCUT2D eigenvalue weighted by Gasteiger charge is -2.16. The summed E-state index contributed by atoms with van der Waals surface area (Å²) >= 11 is 5.84.